The highest BCUT2D eigenvalue weighted by Crippen LogP contribution is 2.29. The zero-order valence-electron chi connectivity index (χ0n) is 10.1. The van der Waals surface area contributed by atoms with Crippen molar-refractivity contribution in [2.45, 2.75) is 6.42 Å². The van der Waals surface area contributed by atoms with E-state index in [1.54, 1.807) is 24.2 Å². The molecular formula is C14H14N2O2. The van der Waals surface area contributed by atoms with Gasteiger partial charge in [-0.05, 0) is 35.9 Å². The number of rotatable bonds is 2. The van der Waals surface area contributed by atoms with E-state index in [1.165, 1.54) is 5.56 Å². The van der Waals surface area contributed by atoms with Crippen molar-refractivity contribution in [2.75, 3.05) is 18.6 Å². The Kier molecular flexibility index (Phi) is 2.55. The number of carbonyl (C=O) groups excluding carboxylic acids is 1. The molecule has 1 aliphatic heterocycles. The maximum Gasteiger partial charge on any atom is 0.274 e. The molecule has 0 unspecified atom stereocenters. The smallest absolute Gasteiger partial charge is 0.274 e. The normalized spacial score (nSPS) is 12.9. The number of aromatic amines is 1. The summed E-state index contributed by atoms with van der Waals surface area (Å²) in [6.07, 6.45) is 2.66. The Hall–Kier alpha value is -2.23. The fourth-order valence-electron chi connectivity index (χ4n) is 2.14. The zero-order valence-corrected chi connectivity index (χ0v) is 10.1. The number of ether oxygens (including phenoxy) is 1. The molecule has 0 fully saturated rings. The number of fused-ring (bicyclic) bond motifs is 1. The van der Waals surface area contributed by atoms with Crippen LogP contribution in [0, 0.1) is 0 Å². The summed E-state index contributed by atoms with van der Waals surface area (Å²) in [5.74, 6) is 0.887. The van der Waals surface area contributed by atoms with Crippen molar-refractivity contribution in [3.63, 3.8) is 0 Å². The van der Waals surface area contributed by atoms with Gasteiger partial charge in [-0.25, -0.2) is 0 Å². The number of carbonyl (C=O) groups is 1. The summed E-state index contributed by atoms with van der Waals surface area (Å²) >= 11 is 0. The van der Waals surface area contributed by atoms with Crippen molar-refractivity contribution in [3.05, 3.63) is 47.8 Å². The largest absolute Gasteiger partial charge is 0.493 e. The molecule has 0 radical (unpaired) electrons. The average Bonchev–Trinajstić information content (AvgIpc) is 3.06. The standard InChI is InChI=1S/C14H14N2O2/c1-16(14(17)12-3-2-7-15-12)11-4-5-13-10(9-11)6-8-18-13/h2-5,7,9,15H,6,8H2,1H3. The van der Waals surface area contributed by atoms with Gasteiger partial charge in [0.1, 0.15) is 11.4 Å². The molecule has 1 aromatic carbocycles. The Morgan fingerprint density at radius 2 is 2.28 bits per heavy atom. The van der Waals surface area contributed by atoms with Crippen molar-refractivity contribution in [1.82, 2.24) is 4.98 Å². The number of anilines is 1. The Morgan fingerprint density at radius 1 is 1.39 bits per heavy atom. The fourth-order valence-corrected chi connectivity index (χ4v) is 2.14. The summed E-state index contributed by atoms with van der Waals surface area (Å²) in [5, 5.41) is 0. The molecule has 4 nitrogen and oxygen atoms in total. The van der Waals surface area contributed by atoms with Gasteiger partial charge in [0.05, 0.1) is 6.61 Å². The van der Waals surface area contributed by atoms with Crippen LogP contribution in [0.2, 0.25) is 0 Å². The quantitative estimate of drug-likeness (QED) is 0.877. The zero-order chi connectivity index (χ0) is 12.5. The molecule has 0 bridgehead atoms. The molecule has 18 heavy (non-hydrogen) atoms. The van der Waals surface area contributed by atoms with Crippen LogP contribution in [0.15, 0.2) is 36.5 Å². The van der Waals surface area contributed by atoms with Gasteiger partial charge in [-0.2, -0.15) is 0 Å². The first-order valence-electron chi connectivity index (χ1n) is 5.93. The van der Waals surface area contributed by atoms with Crippen LogP contribution < -0.4 is 9.64 Å². The number of nitrogens with one attached hydrogen (secondary N) is 1. The van der Waals surface area contributed by atoms with Gasteiger partial charge in [0, 0.05) is 25.4 Å². The van der Waals surface area contributed by atoms with E-state index in [4.69, 9.17) is 4.74 Å². The number of benzene rings is 1. The predicted molar refractivity (Wildman–Crippen MR) is 69.2 cm³/mol. The van der Waals surface area contributed by atoms with Gasteiger partial charge in [-0.1, -0.05) is 0 Å². The molecule has 0 aliphatic carbocycles. The second-order valence-corrected chi connectivity index (χ2v) is 4.34. The van der Waals surface area contributed by atoms with Crippen LogP contribution in [-0.4, -0.2) is 24.5 Å². The first-order valence-corrected chi connectivity index (χ1v) is 5.93. The lowest BCUT2D eigenvalue weighted by Crippen LogP contribution is -2.26. The highest BCUT2D eigenvalue weighted by atomic mass is 16.5. The minimum Gasteiger partial charge on any atom is -0.493 e. The van der Waals surface area contributed by atoms with Gasteiger partial charge in [0.15, 0.2) is 0 Å². The molecule has 1 aromatic heterocycles. The Labute approximate surface area is 105 Å². The summed E-state index contributed by atoms with van der Waals surface area (Å²) in [6, 6.07) is 9.44. The number of nitrogens with zero attached hydrogens (tertiary/aromatic N) is 1. The molecule has 0 spiro atoms. The molecule has 0 saturated heterocycles. The van der Waals surface area contributed by atoms with Crippen LogP contribution in [0.25, 0.3) is 0 Å². The topological polar surface area (TPSA) is 45.3 Å². The molecule has 1 N–H and O–H groups in total. The summed E-state index contributed by atoms with van der Waals surface area (Å²) in [4.78, 5) is 16.7. The van der Waals surface area contributed by atoms with E-state index in [1.807, 2.05) is 24.3 Å². The van der Waals surface area contributed by atoms with Crippen LogP contribution in [-0.2, 0) is 6.42 Å². The van der Waals surface area contributed by atoms with Crippen LogP contribution >= 0.6 is 0 Å². The SMILES string of the molecule is CN(C(=O)c1ccc[nH]1)c1ccc2c(c1)CCO2. The van der Waals surface area contributed by atoms with Crippen molar-refractivity contribution in [3.8, 4) is 5.75 Å². The van der Waals surface area contributed by atoms with Gasteiger partial charge < -0.3 is 14.6 Å². The Balaban J connectivity index is 1.88. The molecule has 1 aliphatic rings. The highest BCUT2D eigenvalue weighted by Gasteiger charge is 2.17. The molecule has 2 heterocycles. The second kappa shape index (κ2) is 4.22. The van der Waals surface area contributed by atoms with Crippen LogP contribution in [0.1, 0.15) is 16.1 Å². The molecule has 4 heteroatoms. The summed E-state index contributed by atoms with van der Waals surface area (Å²) in [5.41, 5.74) is 2.65. The van der Waals surface area contributed by atoms with Gasteiger partial charge in [0.25, 0.3) is 5.91 Å². The van der Waals surface area contributed by atoms with Crippen molar-refractivity contribution >= 4 is 11.6 Å². The molecular weight excluding hydrogens is 228 g/mol. The van der Waals surface area contributed by atoms with E-state index in [2.05, 4.69) is 4.98 Å². The Morgan fingerprint density at radius 3 is 3.06 bits per heavy atom. The number of aromatic nitrogens is 1. The minimum atomic E-state index is -0.0427. The first-order chi connectivity index (χ1) is 8.75. The molecule has 3 rings (SSSR count). The third-order valence-corrected chi connectivity index (χ3v) is 3.19. The number of hydrogen-bond donors (Lipinski definition) is 1. The van der Waals surface area contributed by atoms with Crippen molar-refractivity contribution in [1.29, 1.82) is 0 Å². The minimum absolute atomic E-state index is 0.0427. The second-order valence-electron chi connectivity index (χ2n) is 4.34. The number of amides is 1. The van der Waals surface area contributed by atoms with E-state index in [0.717, 1.165) is 24.5 Å². The maximum absolute atomic E-state index is 12.2. The van der Waals surface area contributed by atoms with E-state index < -0.39 is 0 Å². The summed E-state index contributed by atoms with van der Waals surface area (Å²) in [6.45, 7) is 0.729. The summed E-state index contributed by atoms with van der Waals surface area (Å²) < 4.78 is 5.46. The monoisotopic (exact) mass is 242 g/mol. The third-order valence-electron chi connectivity index (χ3n) is 3.19. The van der Waals surface area contributed by atoms with Crippen molar-refractivity contribution < 1.29 is 9.53 Å². The molecule has 0 atom stereocenters. The van der Waals surface area contributed by atoms with Gasteiger partial charge in [-0.3, -0.25) is 4.79 Å². The predicted octanol–water partition coefficient (Wildman–Crippen LogP) is 2.23. The van der Waals surface area contributed by atoms with Crippen LogP contribution in [0.5, 0.6) is 5.75 Å². The fraction of sp³-hybridized carbons (Fsp3) is 0.214. The number of H-pyrrole nitrogens is 1. The van der Waals surface area contributed by atoms with Gasteiger partial charge in [0.2, 0.25) is 0 Å². The van der Waals surface area contributed by atoms with E-state index in [0.29, 0.717) is 5.69 Å². The average molecular weight is 242 g/mol. The molecule has 92 valence electrons. The van der Waals surface area contributed by atoms with Crippen LogP contribution in [0.3, 0.4) is 0 Å². The lowest BCUT2D eigenvalue weighted by atomic mass is 10.1. The lowest BCUT2D eigenvalue weighted by molar-refractivity contribution is 0.0989. The van der Waals surface area contributed by atoms with E-state index in [-0.39, 0.29) is 5.91 Å². The van der Waals surface area contributed by atoms with E-state index >= 15 is 0 Å². The molecule has 2 aromatic rings. The van der Waals surface area contributed by atoms with Crippen LogP contribution in [0.4, 0.5) is 5.69 Å². The van der Waals surface area contributed by atoms with Crippen molar-refractivity contribution in [2.24, 2.45) is 0 Å². The van der Waals surface area contributed by atoms with Gasteiger partial charge in [-0.15, -0.1) is 0 Å². The molecule has 0 saturated carbocycles. The lowest BCUT2D eigenvalue weighted by Gasteiger charge is -2.17. The van der Waals surface area contributed by atoms with E-state index in [9.17, 15) is 4.79 Å². The maximum atomic E-state index is 12.2. The number of hydrogen-bond acceptors (Lipinski definition) is 2. The third kappa shape index (κ3) is 1.76. The molecule has 1 amide bonds. The van der Waals surface area contributed by atoms with Gasteiger partial charge >= 0.3 is 0 Å². The summed E-state index contributed by atoms with van der Waals surface area (Å²) in [7, 11) is 1.78. The highest BCUT2D eigenvalue weighted by molar-refractivity contribution is 6.04. The first kappa shape index (κ1) is 10.9. The Bertz CT molecular complexity index is 575.